The molecule has 1 aromatic carbocycles. The number of rotatable bonds is 10. The first-order chi connectivity index (χ1) is 15.7. The van der Waals surface area contributed by atoms with Gasteiger partial charge in [0, 0.05) is 17.6 Å². The lowest BCUT2D eigenvalue weighted by atomic mass is 10.2. The summed E-state index contributed by atoms with van der Waals surface area (Å²) in [4.78, 5) is 35.2. The summed E-state index contributed by atoms with van der Waals surface area (Å²) < 4.78 is 10.7. The first-order valence-electron chi connectivity index (χ1n) is 10.7. The van der Waals surface area contributed by atoms with Gasteiger partial charge in [-0.15, -0.1) is 11.3 Å². The highest BCUT2D eigenvalue weighted by atomic mass is 35.5. The molecule has 0 radical (unpaired) electrons. The van der Waals surface area contributed by atoms with E-state index in [9.17, 15) is 14.7 Å². The number of ether oxygens (including phenoxy) is 2. The van der Waals surface area contributed by atoms with Gasteiger partial charge in [-0.3, -0.25) is 9.69 Å². The number of hydrogen-bond acceptors (Lipinski definition) is 8. The van der Waals surface area contributed by atoms with Crippen LogP contribution in [0.25, 0.3) is 10.2 Å². The number of fused-ring (bicyclic) bond motifs is 1. The molecular weight excluding hydrogens is 466 g/mol. The van der Waals surface area contributed by atoms with Crippen molar-refractivity contribution in [2.24, 2.45) is 0 Å². The fourth-order valence-corrected chi connectivity index (χ4v) is 4.57. The molecule has 3 rings (SSSR count). The lowest BCUT2D eigenvalue weighted by Crippen LogP contribution is -2.40. The van der Waals surface area contributed by atoms with Crippen LogP contribution in [0.5, 0.6) is 5.75 Å². The number of halogens is 1. The monoisotopic (exact) mass is 493 g/mol. The summed E-state index contributed by atoms with van der Waals surface area (Å²) in [7, 11) is 0. The van der Waals surface area contributed by atoms with Crippen LogP contribution in [-0.2, 0) is 11.3 Å². The second-order valence-electron chi connectivity index (χ2n) is 7.91. The lowest BCUT2D eigenvalue weighted by molar-refractivity contribution is 0.0529. The van der Waals surface area contributed by atoms with Gasteiger partial charge in [0.05, 0.1) is 18.5 Å². The average molecular weight is 494 g/mol. The summed E-state index contributed by atoms with van der Waals surface area (Å²) in [6.45, 7) is 8.47. The summed E-state index contributed by atoms with van der Waals surface area (Å²) in [6.07, 6.45) is -0.752. The molecule has 0 aliphatic heterocycles. The Morgan fingerprint density at radius 3 is 2.64 bits per heavy atom. The van der Waals surface area contributed by atoms with E-state index in [2.05, 4.69) is 9.97 Å². The molecule has 8 nitrogen and oxygen atoms in total. The van der Waals surface area contributed by atoms with E-state index in [1.807, 2.05) is 18.7 Å². The number of benzene rings is 1. The zero-order valence-corrected chi connectivity index (χ0v) is 20.6. The lowest BCUT2D eigenvalue weighted by Gasteiger charge is -2.28. The fraction of sp³-hybridized carbons (Fsp3) is 0.435. The predicted octanol–water partition coefficient (Wildman–Crippen LogP) is 3.77. The van der Waals surface area contributed by atoms with E-state index in [-0.39, 0.29) is 24.8 Å². The summed E-state index contributed by atoms with van der Waals surface area (Å²) in [5.74, 6) is 0.631. The van der Waals surface area contributed by atoms with Crippen LogP contribution in [0.1, 0.15) is 41.8 Å². The quantitative estimate of drug-likeness (QED) is 0.414. The molecule has 0 saturated carbocycles. The molecule has 0 amide bonds. The highest BCUT2D eigenvalue weighted by molar-refractivity contribution is 7.20. The van der Waals surface area contributed by atoms with E-state index in [1.165, 1.54) is 0 Å². The van der Waals surface area contributed by atoms with Crippen LogP contribution in [0.3, 0.4) is 0 Å². The Hall–Kier alpha value is -2.46. The number of H-pyrrole nitrogens is 1. The second-order valence-corrected chi connectivity index (χ2v) is 9.35. The first-order valence-corrected chi connectivity index (χ1v) is 11.9. The summed E-state index contributed by atoms with van der Waals surface area (Å²) >= 11 is 7.03. The largest absolute Gasteiger partial charge is 0.491 e. The van der Waals surface area contributed by atoms with Crippen LogP contribution >= 0.6 is 22.9 Å². The molecule has 33 heavy (non-hydrogen) atoms. The van der Waals surface area contributed by atoms with Crippen molar-refractivity contribution in [3.63, 3.8) is 0 Å². The van der Waals surface area contributed by atoms with Crippen LogP contribution in [0.2, 0.25) is 5.02 Å². The number of nitrogens with one attached hydrogen (secondary N) is 1. The molecule has 1 unspecified atom stereocenters. The first kappa shape index (κ1) is 25.2. The molecule has 1 atom stereocenters. The van der Waals surface area contributed by atoms with Crippen LogP contribution < -0.4 is 10.3 Å². The van der Waals surface area contributed by atoms with Crippen molar-refractivity contribution >= 4 is 39.1 Å². The highest BCUT2D eigenvalue weighted by Crippen LogP contribution is 2.28. The SMILES string of the molecule is CCOC(=O)c1sc2nc(CN(CC(O)COc3ccc(Cl)cc3)C(C)C)[nH]c(=O)c2c1C. The number of aliphatic hydroxyl groups is 1. The van der Waals surface area contributed by atoms with E-state index in [0.717, 1.165) is 11.3 Å². The van der Waals surface area contributed by atoms with Crippen molar-refractivity contribution in [1.82, 2.24) is 14.9 Å². The van der Waals surface area contributed by atoms with Crippen molar-refractivity contribution in [2.75, 3.05) is 19.8 Å². The Balaban J connectivity index is 1.73. The number of esters is 1. The van der Waals surface area contributed by atoms with Gasteiger partial charge < -0.3 is 19.6 Å². The van der Waals surface area contributed by atoms with Gasteiger partial charge in [0.1, 0.15) is 34.0 Å². The zero-order valence-electron chi connectivity index (χ0n) is 19.1. The maximum absolute atomic E-state index is 12.7. The molecule has 2 heterocycles. The number of nitrogens with zero attached hydrogens (tertiary/aromatic N) is 2. The molecule has 0 fully saturated rings. The topological polar surface area (TPSA) is 105 Å². The molecule has 0 aliphatic carbocycles. The van der Waals surface area contributed by atoms with Gasteiger partial charge in [0.25, 0.3) is 5.56 Å². The zero-order chi connectivity index (χ0) is 24.1. The maximum Gasteiger partial charge on any atom is 0.348 e. The summed E-state index contributed by atoms with van der Waals surface area (Å²) in [5.41, 5.74) is 0.277. The van der Waals surface area contributed by atoms with Crippen molar-refractivity contribution < 1.29 is 19.4 Å². The Morgan fingerprint density at radius 1 is 1.30 bits per heavy atom. The number of carbonyl (C=O) groups excluding carboxylic acids is 1. The minimum Gasteiger partial charge on any atom is -0.491 e. The number of carbonyl (C=O) groups is 1. The van der Waals surface area contributed by atoms with Crippen molar-refractivity contribution in [3.8, 4) is 5.75 Å². The summed E-state index contributed by atoms with van der Waals surface area (Å²) in [5, 5.41) is 11.5. The van der Waals surface area contributed by atoms with E-state index >= 15 is 0 Å². The van der Waals surface area contributed by atoms with Gasteiger partial charge in [0.15, 0.2) is 0 Å². The van der Waals surface area contributed by atoms with Gasteiger partial charge in [-0.2, -0.15) is 0 Å². The van der Waals surface area contributed by atoms with E-state index in [4.69, 9.17) is 21.1 Å². The minimum atomic E-state index is -0.752. The molecule has 2 N–H and O–H groups in total. The van der Waals surface area contributed by atoms with Crippen LogP contribution in [-0.4, -0.2) is 57.8 Å². The molecule has 0 aliphatic rings. The number of hydrogen-bond donors (Lipinski definition) is 2. The molecule has 0 bridgehead atoms. The normalized spacial score (nSPS) is 12.5. The van der Waals surface area contributed by atoms with Gasteiger partial charge in [-0.25, -0.2) is 9.78 Å². The van der Waals surface area contributed by atoms with Crippen LogP contribution in [0.4, 0.5) is 0 Å². The van der Waals surface area contributed by atoms with Crippen molar-refractivity contribution in [1.29, 1.82) is 0 Å². The molecule has 3 aromatic rings. The molecule has 178 valence electrons. The third kappa shape index (κ3) is 6.32. The van der Waals surface area contributed by atoms with Crippen LogP contribution in [0.15, 0.2) is 29.1 Å². The summed E-state index contributed by atoms with van der Waals surface area (Å²) in [6, 6.07) is 7.01. The Morgan fingerprint density at radius 2 is 2.00 bits per heavy atom. The maximum atomic E-state index is 12.7. The number of aliphatic hydroxyl groups excluding tert-OH is 1. The van der Waals surface area contributed by atoms with Gasteiger partial charge in [-0.1, -0.05) is 11.6 Å². The van der Waals surface area contributed by atoms with Crippen molar-refractivity contribution in [3.05, 3.63) is 55.9 Å². The smallest absolute Gasteiger partial charge is 0.348 e. The molecular formula is C23H28ClN3O5S. The van der Waals surface area contributed by atoms with Crippen molar-refractivity contribution in [2.45, 2.75) is 46.4 Å². The molecule has 0 spiro atoms. The number of aryl methyl sites for hydroxylation is 1. The van der Waals surface area contributed by atoms with Gasteiger partial charge in [0.2, 0.25) is 0 Å². The van der Waals surface area contributed by atoms with E-state index in [0.29, 0.717) is 50.3 Å². The third-order valence-electron chi connectivity index (χ3n) is 5.09. The Labute approximate surface area is 201 Å². The average Bonchev–Trinajstić information content (AvgIpc) is 3.10. The number of aromatic amines is 1. The number of aromatic nitrogens is 2. The fourth-order valence-electron chi connectivity index (χ4n) is 3.35. The molecule has 10 heteroatoms. The number of thiophene rings is 1. The van der Waals surface area contributed by atoms with E-state index < -0.39 is 12.1 Å². The van der Waals surface area contributed by atoms with Gasteiger partial charge in [-0.05, 0) is 57.5 Å². The third-order valence-corrected chi connectivity index (χ3v) is 6.51. The highest BCUT2D eigenvalue weighted by Gasteiger charge is 2.22. The van der Waals surface area contributed by atoms with Gasteiger partial charge >= 0.3 is 5.97 Å². The predicted molar refractivity (Wildman–Crippen MR) is 129 cm³/mol. The Bertz CT molecular complexity index is 1160. The van der Waals surface area contributed by atoms with Crippen LogP contribution in [0, 0.1) is 6.92 Å². The van der Waals surface area contributed by atoms with E-state index in [1.54, 1.807) is 38.1 Å². The minimum absolute atomic E-state index is 0.0799. The Kier molecular flexibility index (Phi) is 8.47. The standard InChI is InChI=1S/C23H28ClN3O5S/c1-5-31-23(30)20-14(4)19-21(29)25-18(26-22(19)33-20)11-27(13(2)3)10-16(28)12-32-17-8-6-15(24)7-9-17/h6-9,13,16,28H,5,10-12H2,1-4H3,(H,25,26,29). The molecule has 0 saturated heterocycles. The second kappa shape index (κ2) is 11.1. The molecule has 2 aromatic heterocycles.